The lowest BCUT2D eigenvalue weighted by atomic mass is 9.98. The van der Waals surface area contributed by atoms with Crippen molar-refractivity contribution in [1.82, 2.24) is 14.7 Å². The first-order chi connectivity index (χ1) is 18.0. The normalized spacial score (nSPS) is 15.7. The molecule has 8 nitrogen and oxygen atoms in total. The number of anilines is 1. The molecule has 1 aliphatic rings. The largest absolute Gasteiger partial charge is 0.390 e. The second-order valence-corrected chi connectivity index (χ2v) is 10.1. The lowest BCUT2D eigenvalue weighted by Crippen LogP contribution is -2.24. The van der Waals surface area contributed by atoms with Crippen LogP contribution in [0.4, 0.5) is 19.4 Å². The van der Waals surface area contributed by atoms with E-state index in [0.717, 1.165) is 48.6 Å². The van der Waals surface area contributed by atoms with Gasteiger partial charge in [-0.1, -0.05) is 24.3 Å². The molecule has 1 aromatic heterocycles. The minimum Gasteiger partial charge on any atom is -0.390 e. The monoisotopic (exact) mass is 529 g/mol. The van der Waals surface area contributed by atoms with E-state index in [0.29, 0.717) is 24.8 Å². The van der Waals surface area contributed by atoms with E-state index < -0.39 is 23.3 Å². The van der Waals surface area contributed by atoms with Gasteiger partial charge >= 0.3 is 6.03 Å². The molecule has 1 aliphatic heterocycles. The molecule has 0 radical (unpaired) electrons. The molecular weight excluding hydrogens is 492 g/mol. The van der Waals surface area contributed by atoms with Crippen LogP contribution in [-0.2, 0) is 11.2 Å². The van der Waals surface area contributed by atoms with Crippen LogP contribution in [0, 0.1) is 18.6 Å². The molecule has 10 heteroatoms. The number of benzene rings is 2. The molecule has 3 aromatic rings. The quantitative estimate of drug-likeness (QED) is 0.402. The van der Waals surface area contributed by atoms with E-state index in [4.69, 9.17) is 10.5 Å². The van der Waals surface area contributed by atoms with Gasteiger partial charge in [0.1, 0.15) is 5.82 Å². The van der Waals surface area contributed by atoms with E-state index in [1.165, 1.54) is 12.1 Å². The summed E-state index contributed by atoms with van der Waals surface area (Å²) in [5, 5.41) is 17.1. The molecule has 0 aliphatic carbocycles. The van der Waals surface area contributed by atoms with Crippen molar-refractivity contribution in [3.8, 4) is 5.69 Å². The number of halogens is 2. The maximum atomic E-state index is 13.1. The first kappa shape index (κ1) is 29.2. The number of primary amides is 1. The standard InChI is InChI=1S/C15H20N4O2.C13H17F2NO/c1-10-12(9-15(2,3)21)18-19(13(10)17-14(16)20)11-7-5-4-6-8-11;1-17-7-6-16-5-4-11(9-16)10-2-3-12(14)13(15)8-10/h4-8,21H,9H2,1-3H3,(H3,16,17,20);2-3,8,11H,4-7,9H2,1H3. The molecule has 2 aromatic carbocycles. The van der Waals surface area contributed by atoms with Gasteiger partial charge in [-0.05, 0) is 69.5 Å². The molecule has 2 amide bonds. The van der Waals surface area contributed by atoms with E-state index in [1.54, 1.807) is 31.7 Å². The summed E-state index contributed by atoms with van der Waals surface area (Å²) in [5.41, 5.74) is 7.57. The van der Waals surface area contributed by atoms with Crippen molar-refractivity contribution in [3.63, 3.8) is 0 Å². The van der Waals surface area contributed by atoms with Gasteiger partial charge in [0.2, 0.25) is 0 Å². The Hall–Kier alpha value is -3.34. The number of nitrogens with two attached hydrogens (primary N) is 1. The number of likely N-dealkylation sites (tertiary alicyclic amines) is 1. The fraction of sp³-hybridized carbons (Fsp3) is 0.429. The smallest absolute Gasteiger partial charge is 0.317 e. The number of hydrogen-bond acceptors (Lipinski definition) is 5. The number of amides is 2. The van der Waals surface area contributed by atoms with Crippen molar-refractivity contribution >= 4 is 11.8 Å². The number of aromatic nitrogens is 2. The number of rotatable bonds is 8. The molecule has 0 saturated carbocycles. The molecule has 4 rings (SSSR count). The first-order valence-electron chi connectivity index (χ1n) is 12.6. The Morgan fingerprint density at radius 3 is 2.53 bits per heavy atom. The molecule has 4 N–H and O–H groups in total. The number of para-hydroxylation sites is 1. The molecule has 1 fully saturated rings. The molecule has 1 unspecified atom stereocenters. The highest BCUT2D eigenvalue weighted by atomic mass is 19.2. The number of carbonyl (C=O) groups excluding carboxylic acids is 1. The summed E-state index contributed by atoms with van der Waals surface area (Å²) in [6.45, 7) is 8.78. The Morgan fingerprint density at radius 1 is 1.21 bits per heavy atom. The van der Waals surface area contributed by atoms with Crippen molar-refractivity contribution in [3.05, 3.63) is 77.0 Å². The third kappa shape index (κ3) is 8.08. The van der Waals surface area contributed by atoms with E-state index in [1.807, 2.05) is 37.3 Å². The Balaban J connectivity index is 0.000000215. The lowest BCUT2D eigenvalue weighted by Gasteiger charge is -2.15. The van der Waals surface area contributed by atoms with Crippen molar-refractivity contribution in [2.75, 3.05) is 38.7 Å². The summed E-state index contributed by atoms with van der Waals surface area (Å²) in [6.07, 6.45) is 1.38. The van der Waals surface area contributed by atoms with E-state index in [-0.39, 0.29) is 0 Å². The maximum Gasteiger partial charge on any atom is 0.317 e. The Kier molecular flexibility index (Phi) is 9.96. The van der Waals surface area contributed by atoms with Crippen LogP contribution < -0.4 is 11.1 Å². The van der Waals surface area contributed by atoms with Gasteiger partial charge in [-0.15, -0.1) is 0 Å². The number of methoxy groups -OCH3 is 1. The summed E-state index contributed by atoms with van der Waals surface area (Å²) in [5.74, 6) is -0.698. The zero-order chi connectivity index (χ0) is 27.9. The van der Waals surface area contributed by atoms with Gasteiger partial charge in [-0.25, -0.2) is 18.3 Å². The fourth-order valence-electron chi connectivity index (χ4n) is 4.43. The minimum absolute atomic E-state index is 0.307. The lowest BCUT2D eigenvalue weighted by molar-refractivity contribution is 0.0797. The van der Waals surface area contributed by atoms with Gasteiger partial charge < -0.3 is 20.5 Å². The average molecular weight is 530 g/mol. The average Bonchev–Trinajstić information content (AvgIpc) is 3.45. The highest BCUT2D eigenvalue weighted by Gasteiger charge is 2.24. The molecular formula is C28H37F2N5O3. The van der Waals surface area contributed by atoms with Crippen LogP contribution in [0.5, 0.6) is 0 Å². The molecule has 1 saturated heterocycles. The van der Waals surface area contributed by atoms with Crippen LogP contribution in [-0.4, -0.2) is 64.8 Å². The van der Waals surface area contributed by atoms with Crippen molar-refractivity contribution in [2.45, 2.75) is 45.1 Å². The van der Waals surface area contributed by atoms with Crippen LogP contribution in [0.25, 0.3) is 5.69 Å². The molecule has 2 heterocycles. The topological polar surface area (TPSA) is 106 Å². The van der Waals surface area contributed by atoms with Crippen molar-refractivity contribution in [1.29, 1.82) is 0 Å². The van der Waals surface area contributed by atoms with Gasteiger partial charge in [-0.3, -0.25) is 5.32 Å². The van der Waals surface area contributed by atoms with Gasteiger partial charge in [0, 0.05) is 32.2 Å². The van der Waals surface area contributed by atoms with Gasteiger partial charge in [0.15, 0.2) is 11.6 Å². The summed E-state index contributed by atoms with van der Waals surface area (Å²) >= 11 is 0. The second kappa shape index (κ2) is 12.9. The van der Waals surface area contributed by atoms with E-state index in [2.05, 4.69) is 15.3 Å². The van der Waals surface area contributed by atoms with Crippen LogP contribution >= 0.6 is 0 Å². The number of urea groups is 1. The Labute approximate surface area is 222 Å². The number of aliphatic hydroxyl groups is 1. The zero-order valence-electron chi connectivity index (χ0n) is 22.4. The number of nitrogens with zero attached hydrogens (tertiary/aromatic N) is 3. The Morgan fingerprint density at radius 2 is 1.92 bits per heavy atom. The summed E-state index contributed by atoms with van der Waals surface area (Å²) in [4.78, 5) is 13.5. The predicted octanol–water partition coefficient (Wildman–Crippen LogP) is 4.39. The maximum absolute atomic E-state index is 13.1. The fourth-order valence-corrected chi connectivity index (χ4v) is 4.43. The second-order valence-electron chi connectivity index (χ2n) is 10.1. The molecule has 0 bridgehead atoms. The summed E-state index contributed by atoms with van der Waals surface area (Å²) in [6, 6.07) is 13.0. The van der Waals surface area contributed by atoms with Gasteiger partial charge in [-0.2, -0.15) is 5.10 Å². The third-order valence-electron chi connectivity index (χ3n) is 6.36. The SMILES string of the molecule is COCCN1CCC(c2ccc(F)c(F)c2)C1.Cc1c(CC(C)(C)O)nn(-c2ccccc2)c1NC(N)=O. The first-order valence-corrected chi connectivity index (χ1v) is 12.6. The summed E-state index contributed by atoms with van der Waals surface area (Å²) < 4.78 is 32.6. The van der Waals surface area contributed by atoms with Gasteiger partial charge in [0.25, 0.3) is 0 Å². The van der Waals surface area contributed by atoms with Crippen LogP contribution in [0.2, 0.25) is 0 Å². The molecule has 1 atom stereocenters. The Bertz CT molecular complexity index is 1210. The van der Waals surface area contributed by atoms with Crippen molar-refractivity contribution < 1.29 is 23.4 Å². The van der Waals surface area contributed by atoms with E-state index >= 15 is 0 Å². The number of carbonyl (C=O) groups is 1. The van der Waals surface area contributed by atoms with Gasteiger partial charge in [0.05, 0.1) is 23.6 Å². The third-order valence-corrected chi connectivity index (χ3v) is 6.36. The summed E-state index contributed by atoms with van der Waals surface area (Å²) in [7, 11) is 1.68. The van der Waals surface area contributed by atoms with Crippen LogP contribution in [0.3, 0.4) is 0 Å². The minimum atomic E-state index is -0.884. The number of nitrogens with one attached hydrogen (secondary N) is 1. The van der Waals surface area contributed by atoms with Crippen LogP contribution in [0.15, 0.2) is 48.5 Å². The highest BCUT2D eigenvalue weighted by molar-refractivity contribution is 5.88. The van der Waals surface area contributed by atoms with Crippen LogP contribution in [0.1, 0.15) is 43.0 Å². The highest BCUT2D eigenvalue weighted by Crippen LogP contribution is 2.28. The molecule has 38 heavy (non-hydrogen) atoms. The molecule has 0 spiro atoms. The van der Waals surface area contributed by atoms with E-state index in [9.17, 15) is 18.7 Å². The van der Waals surface area contributed by atoms with Crippen molar-refractivity contribution in [2.24, 2.45) is 5.73 Å². The predicted molar refractivity (Wildman–Crippen MR) is 144 cm³/mol. The molecule has 206 valence electrons. The number of ether oxygens (including phenoxy) is 1. The number of hydrogen-bond donors (Lipinski definition) is 3. The zero-order valence-corrected chi connectivity index (χ0v) is 22.4.